The van der Waals surface area contributed by atoms with Crippen molar-refractivity contribution in [3.05, 3.63) is 73.8 Å². The van der Waals surface area contributed by atoms with Gasteiger partial charge < -0.3 is 25.2 Å². The average molecular weight is 601 g/mol. The van der Waals surface area contributed by atoms with Gasteiger partial charge in [0.2, 0.25) is 0 Å². The number of aliphatic hydroxyl groups excluding tert-OH is 1. The monoisotopic (exact) mass is 600 g/mol. The third kappa shape index (κ3) is 6.92. The summed E-state index contributed by atoms with van der Waals surface area (Å²) in [6.45, 7) is 1.08. The number of carbonyl (C=O) groups excluding carboxylic acids is 2. The fraction of sp³-hybridized carbons (Fsp3) is 0.414. The van der Waals surface area contributed by atoms with Crippen LogP contribution < -0.4 is 25.8 Å². The van der Waals surface area contributed by atoms with Gasteiger partial charge in [-0.3, -0.25) is 19.1 Å². The lowest BCUT2D eigenvalue weighted by Gasteiger charge is -2.26. The van der Waals surface area contributed by atoms with Crippen LogP contribution in [0.3, 0.4) is 0 Å². The Balaban J connectivity index is 1.23. The summed E-state index contributed by atoms with van der Waals surface area (Å²) in [6, 6.07) is 12.5. The summed E-state index contributed by atoms with van der Waals surface area (Å²) in [4.78, 5) is 40.3. The number of amides is 2. The van der Waals surface area contributed by atoms with Crippen molar-refractivity contribution in [1.29, 1.82) is 0 Å². The van der Waals surface area contributed by atoms with Gasteiger partial charge in [0.25, 0.3) is 11.5 Å². The van der Waals surface area contributed by atoms with Gasteiger partial charge in [-0.25, -0.2) is 4.79 Å². The van der Waals surface area contributed by atoms with Gasteiger partial charge in [0, 0.05) is 23.9 Å². The number of carbonyl (C=O) groups is 2. The second-order valence-corrected chi connectivity index (χ2v) is 11.9. The summed E-state index contributed by atoms with van der Waals surface area (Å²) in [5.74, 6) is 0.152. The fourth-order valence-corrected chi connectivity index (χ4v) is 6.17. The van der Waals surface area contributed by atoms with Crippen LogP contribution in [0.15, 0.2) is 53.5 Å². The Hall–Kier alpha value is -3.38. The second-order valence-electron chi connectivity index (χ2n) is 10.2. The molecule has 0 unspecified atom stereocenters. The molecule has 218 valence electrons. The lowest BCUT2D eigenvalue weighted by Crippen LogP contribution is -2.36. The Kier molecular flexibility index (Phi) is 9.29. The summed E-state index contributed by atoms with van der Waals surface area (Å²) < 4.78 is 13.2. The lowest BCUT2D eigenvalue weighted by atomic mass is 9.93. The van der Waals surface area contributed by atoms with Gasteiger partial charge in [0.05, 0.1) is 46.9 Å². The molecule has 1 atom stereocenters. The van der Waals surface area contributed by atoms with Crippen molar-refractivity contribution < 1.29 is 24.2 Å². The number of nitrogens with one attached hydrogen (secondary N) is 2. The van der Waals surface area contributed by atoms with Crippen LogP contribution >= 0.6 is 22.9 Å². The number of thiophene rings is 1. The van der Waals surface area contributed by atoms with E-state index in [1.165, 1.54) is 23.3 Å². The number of hydrogen-bond acceptors (Lipinski definition) is 8. The van der Waals surface area contributed by atoms with Crippen molar-refractivity contribution >= 4 is 40.6 Å². The minimum Gasteiger partial charge on any atom is -0.494 e. The second kappa shape index (κ2) is 13.1. The molecule has 0 bridgehead atoms. The number of halogens is 1. The Morgan fingerprint density at radius 3 is 2.71 bits per heavy atom. The van der Waals surface area contributed by atoms with E-state index in [0.29, 0.717) is 50.9 Å². The van der Waals surface area contributed by atoms with Gasteiger partial charge in [-0.1, -0.05) is 17.7 Å². The normalized spacial score (nSPS) is 20.6. The molecule has 1 saturated heterocycles. The molecule has 0 spiro atoms. The Labute approximate surface area is 246 Å². The van der Waals surface area contributed by atoms with Crippen LogP contribution in [0.2, 0.25) is 4.34 Å². The number of cyclic esters (lactones) is 1. The van der Waals surface area contributed by atoms with E-state index in [-0.39, 0.29) is 30.7 Å². The van der Waals surface area contributed by atoms with Gasteiger partial charge in [-0.05, 0) is 69.0 Å². The number of pyridine rings is 1. The van der Waals surface area contributed by atoms with E-state index in [2.05, 4.69) is 10.6 Å². The van der Waals surface area contributed by atoms with E-state index in [0.717, 1.165) is 25.7 Å². The molecular weight excluding hydrogens is 568 g/mol. The zero-order valence-electron chi connectivity index (χ0n) is 22.7. The molecule has 3 heterocycles. The largest absolute Gasteiger partial charge is 0.494 e. The van der Waals surface area contributed by atoms with Crippen molar-refractivity contribution in [3.8, 4) is 11.4 Å². The van der Waals surface area contributed by atoms with Crippen molar-refractivity contribution in [2.24, 2.45) is 0 Å². The van der Waals surface area contributed by atoms with Gasteiger partial charge in [0.1, 0.15) is 11.9 Å². The molecule has 1 aromatic carbocycles. The molecule has 0 radical (unpaired) electrons. The topological polar surface area (TPSA) is 122 Å². The van der Waals surface area contributed by atoms with Crippen LogP contribution in [-0.4, -0.2) is 66.7 Å². The number of nitrogens with zero attached hydrogens (tertiary/aromatic N) is 2. The molecule has 2 fully saturated rings. The first kappa shape index (κ1) is 29.1. The first-order valence-corrected chi connectivity index (χ1v) is 14.8. The van der Waals surface area contributed by atoms with E-state index in [1.807, 2.05) is 12.1 Å². The molecule has 2 amide bonds. The summed E-state index contributed by atoms with van der Waals surface area (Å²) >= 11 is 7.08. The number of hydrogen-bond donors (Lipinski definition) is 3. The zero-order chi connectivity index (χ0) is 28.9. The molecule has 1 aliphatic heterocycles. The highest BCUT2D eigenvalue weighted by molar-refractivity contribution is 7.18. The molecule has 2 aromatic heterocycles. The quantitative estimate of drug-likeness (QED) is 0.324. The van der Waals surface area contributed by atoms with Gasteiger partial charge in [0.15, 0.2) is 0 Å². The lowest BCUT2D eigenvalue weighted by molar-refractivity contribution is 0.0920. The third-order valence-electron chi connectivity index (χ3n) is 7.45. The number of anilines is 1. The van der Waals surface area contributed by atoms with Crippen molar-refractivity contribution in [3.63, 3.8) is 0 Å². The standard InChI is InChI=1S/C29H33ClN4O6S/c1-39-24-15-20(34-17-22(40-29(34)38)16-32-27(36)25-10-11-26(30)41-25)6-9-23(24)33-14-2-3-18(28(33)37)12-13-31-19-4-7-21(35)8-5-19/h2-3,6,9-11,14-15,19,21-22,31,35H,4-5,7-8,12-13,16-17H2,1H3,(H,32,36)/t19?,21?,22-/m0/s1. The molecule has 12 heteroatoms. The molecule has 3 N–H and O–H groups in total. The third-order valence-corrected chi connectivity index (χ3v) is 8.68. The highest BCUT2D eigenvalue weighted by Gasteiger charge is 2.33. The number of benzene rings is 1. The summed E-state index contributed by atoms with van der Waals surface area (Å²) in [7, 11) is 1.51. The smallest absolute Gasteiger partial charge is 0.414 e. The van der Waals surface area contributed by atoms with E-state index >= 15 is 0 Å². The molecule has 5 rings (SSSR count). The minimum absolute atomic E-state index is 0.136. The van der Waals surface area contributed by atoms with E-state index in [9.17, 15) is 19.5 Å². The summed E-state index contributed by atoms with van der Waals surface area (Å²) in [5, 5.41) is 16.0. The van der Waals surface area contributed by atoms with E-state index < -0.39 is 12.2 Å². The highest BCUT2D eigenvalue weighted by Crippen LogP contribution is 2.30. The summed E-state index contributed by atoms with van der Waals surface area (Å²) in [6.07, 6.45) is 4.52. The molecule has 3 aromatic rings. The van der Waals surface area contributed by atoms with E-state index in [1.54, 1.807) is 41.1 Å². The van der Waals surface area contributed by atoms with Gasteiger partial charge in [-0.2, -0.15) is 0 Å². The number of aromatic nitrogens is 1. The predicted molar refractivity (Wildman–Crippen MR) is 158 cm³/mol. The predicted octanol–water partition coefficient (Wildman–Crippen LogP) is 3.75. The van der Waals surface area contributed by atoms with Crippen LogP contribution in [0.25, 0.3) is 5.69 Å². The Bertz CT molecular complexity index is 1450. The molecular formula is C29H33ClN4O6S. The van der Waals surface area contributed by atoms with Crippen LogP contribution in [0.5, 0.6) is 5.75 Å². The van der Waals surface area contributed by atoms with Crippen molar-refractivity contribution in [1.82, 2.24) is 15.2 Å². The number of ether oxygens (including phenoxy) is 2. The number of aliphatic hydroxyl groups is 1. The first-order valence-electron chi connectivity index (χ1n) is 13.6. The Morgan fingerprint density at radius 1 is 1.17 bits per heavy atom. The zero-order valence-corrected chi connectivity index (χ0v) is 24.2. The minimum atomic E-state index is -0.530. The molecule has 41 heavy (non-hydrogen) atoms. The van der Waals surface area contributed by atoms with Gasteiger partial charge in [-0.15, -0.1) is 11.3 Å². The van der Waals surface area contributed by atoms with Crippen LogP contribution in [-0.2, 0) is 11.2 Å². The summed E-state index contributed by atoms with van der Waals surface area (Å²) in [5.41, 5.74) is 1.66. The molecule has 2 aliphatic rings. The SMILES string of the molecule is COc1cc(N2C[C@H](CNC(=O)c3ccc(Cl)s3)OC2=O)ccc1-n1cccc(CCNC2CCC(O)CC2)c1=O. The van der Waals surface area contributed by atoms with Crippen molar-refractivity contribution in [2.45, 2.75) is 50.4 Å². The number of rotatable bonds is 10. The van der Waals surface area contributed by atoms with Crippen molar-refractivity contribution in [2.75, 3.05) is 31.6 Å². The maximum Gasteiger partial charge on any atom is 0.414 e. The first-order chi connectivity index (χ1) is 19.8. The Morgan fingerprint density at radius 2 is 1.98 bits per heavy atom. The average Bonchev–Trinajstić information content (AvgIpc) is 3.58. The van der Waals surface area contributed by atoms with Gasteiger partial charge >= 0.3 is 6.09 Å². The fourth-order valence-electron chi connectivity index (χ4n) is 5.21. The van der Waals surface area contributed by atoms with Crippen LogP contribution in [0, 0.1) is 0 Å². The maximum absolute atomic E-state index is 13.4. The van der Waals surface area contributed by atoms with Crippen LogP contribution in [0.1, 0.15) is 40.9 Å². The number of methoxy groups -OCH3 is 1. The maximum atomic E-state index is 13.4. The highest BCUT2D eigenvalue weighted by atomic mass is 35.5. The molecule has 1 aliphatic carbocycles. The molecule has 1 saturated carbocycles. The molecule has 10 nitrogen and oxygen atoms in total. The van der Waals surface area contributed by atoms with E-state index in [4.69, 9.17) is 21.1 Å². The van der Waals surface area contributed by atoms with Crippen LogP contribution in [0.4, 0.5) is 10.5 Å².